The maximum Gasteiger partial charge on any atom is 0.271 e. The fourth-order valence-corrected chi connectivity index (χ4v) is 1.69. The van der Waals surface area contributed by atoms with E-state index >= 15 is 0 Å². The number of amides is 1. The summed E-state index contributed by atoms with van der Waals surface area (Å²) in [7, 11) is 0. The van der Waals surface area contributed by atoms with Crippen LogP contribution in [0.2, 0.25) is 5.02 Å². The average molecular weight is 281 g/mol. The first kappa shape index (κ1) is 13.3. The van der Waals surface area contributed by atoms with Crippen molar-refractivity contribution in [2.75, 3.05) is 12.3 Å². The third kappa shape index (κ3) is 3.65. The van der Waals surface area contributed by atoms with Crippen LogP contribution in [-0.2, 0) is 6.54 Å². The lowest BCUT2D eigenvalue weighted by Crippen LogP contribution is -2.26. The summed E-state index contributed by atoms with van der Waals surface area (Å²) in [6, 6.07) is 3.10. The number of anilines is 1. The highest BCUT2D eigenvalue weighted by Gasteiger charge is 2.11. The largest absolute Gasteiger partial charge is 0.384 e. The zero-order valence-electron chi connectivity index (χ0n) is 10.1. The van der Waals surface area contributed by atoms with Crippen LogP contribution < -0.4 is 11.1 Å². The molecule has 0 saturated carbocycles. The van der Waals surface area contributed by atoms with E-state index in [1.807, 2.05) is 0 Å². The predicted molar refractivity (Wildman–Crippen MR) is 70.6 cm³/mol. The highest BCUT2D eigenvalue weighted by Crippen LogP contribution is 2.14. The van der Waals surface area contributed by atoms with Gasteiger partial charge in [0.05, 0.1) is 11.2 Å². The van der Waals surface area contributed by atoms with Gasteiger partial charge >= 0.3 is 0 Å². The summed E-state index contributed by atoms with van der Waals surface area (Å²) in [5.74, 6) is -0.0759. The Balaban J connectivity index is 1.82. The van der Waals surface area contributed by atoms with Crippen LogP contribution in [0.25, 0.3) is 0 Å². The summed E-state index contributed by atoms with van der Waals surface area (Å²) in [5.41, 5.74) is 5.66. The first-order valence-corrected chi connectivity index (χ1v) is 6.09. The molecule has 0 aliphatic carbocycles. The Bertz CT molecular complexity index is 556. The van der Waals surface area contributed by atoms with Crippen molar-refractivity contribution < 1.29 is 4.79 Å². The number of aromatic nitrogens is 4. The van der Waals surface area contributed by atoms with Crippen LogP contribution in [0.15, 0.2) is 24.5 Å². The van der Waals surface area contributed by atoms with Crippen molar-refractivity contribution in [1.29, 1.82) is 0 Å². The number of nitrogen functional groups attached to an aromatic ring is 1. The van der Waals surface area contributed by atoms with Crippen LogP contribution in [-0.4, -0.2) is 32.4 Å². The Kier molecular flexibility index (Phi) is 4.30. The molecule has 0 aromatic carbocycles. The molecule has 7 nitrogen and oxygen atoms in total. The second-order valence-electron chi connectivity index (χ2n) is 3.84. The van der Waals surface area contributed by atoms with E-state index in [0.29, 0.717) is 13.1 Å². The monoisotopic (exact) mass is 280 g/mol. The molecule has 2 aromatic heterocycles. The summed E-state index contributed by atoms with van der Waals surface area (Å²) in [6.45, 7) is 1.17. The first-order valence-electron chi connectivity index (χ1n) is 5.71. The molecule has 19 heavy (non-hydrogen) atoms. The van der Waals surface area contributed by atoms with Crippen molar-refractivity contribution in [2.24, 2.45) is 0 Å². The van der Waals surface area contributed by atoms with Crippen LogP contribution in [0.3, 0.4) is 0 Å². The lowest BCUT2D eigenvalue weighted by atomic mass is 10.3. The van der Waals surface area contributed by atoms with Crippen molar-refractivity contribution in [3.8, 4) is 0 Å². The van der Waals surface area contributed by atoms with Gasteiger partial charge in [0, 0.05) is 19.3 Å². The molecule has 0 aliphatic heterocycles. The number of hydrogen-bond acceptors (Lipinski definition) is 5. The maximum absolute atomic E-state index is 11.8. The van der Waals surface area contributed by atoms with Crippen molar-refractivity contribution in [1.82, 2.24) is 25.3 Å². The fourth-order valence-electron chi connectivity index (χ4n) is 1.50. The minimum absolute atomic E-state index is 0.141. The van der Waals surface area contributed by atoms with Crippen LogP contribution in [0.4, 0.5) is 5.82 Å². The second-order valence-corrected chi connectivity index (χ2v) is 4.25. The summed E-state index contributed by atoms with van der Waals surface area (Å²) in [6.07, 6.45) is 4.10. The Morgan fingerprint density at radius 3 is 3.05 bits per heavy atom. The quantitative estimate of drug-likeness (QED) is 0.787. The normalized spacial score (nSPS) is 10.4. The molecule has 0 unspecified atom stereocenters. The molecular formula is C11H13ClN6O. The van der Waals surface area contributed by atoms with Crippen molar-refractivity contribution in [3.05, 3.63) is 35.2 Å². The van der Waals surface area contributed by atoms with E-state index in [4.69, 9.17) is 17.3 Å². The third-order valence-corrected chi connectivity index (χ3v) is 2.71. The summed E-state index contributed by atoms with van der Waals surface area (Å²) in [4.78, 5) is 15.7. The SMILES string of the molecule is Nc1ccc(Cl)c(C(=O)NCCCn2ccnn2)n1. The fraction of sp³-hybridized carbons (Fsp3) is 0.273. The standard InChI is InChI=1S/C11H13ClN6O/c12-8-2-3-9(13)16-10(8)11(19)14-4-1-6-18-7-5-15-17-18/h2-3,5,7H,1,4,6H2,(H2,13,16)(H,14,19). The first-order chi connectivity index (χ1) is 9.16. The smallest absolute Gasteiger partial charge is 0.271 e. The van der Waals surface area contributed by atoms with Gasteiger partial charge in [-0.15, -0.1) is 5.10 Å². The molecule has 0 aliphatic rings. The van der Waals surface area contributed by atoms with E-state index in [1.54, 1.807) is 29.2 Å². The number of pyridine rings is 1. The summed E-state index contributed by atoms with van der Waals surface area (Å²) >= 11 is 5.88. The van der Waals surface area contributed by atoms with Gasteiger partial charge in [0.1, 0.15) is 11.5 Å². The topological polar surface area (TPSA) is 98.7 Å². The zero-order valence-corrected chi connectivity index (χ0v) is 10.8. The summed E-state index contributed by atoms with van der Waals surface area (Å²) < 4.78 is 1.69. The average Bonchev–Trinajstić information content (AvgIpc) is 2.90. The van der Waals surface area contributed by atoms with Gasteiger partial charge < -0.3 is 11.1 Å². The van der Waals surface area contributed by atoms with E-state index in [9.17, 15) is 4.79 Å². The molecule has 8 heteroatoms. The molecule has 2 aromatic rings. The number of rotatable bonds is 5. The Hall–Kier alpha value is -2.15. The number of aryl methyl sites for hydroxylation is 1. The van der Waals surface area contributed by atoms with Gasteiger partial charge in [-0.1, -0.05) is 16.8 Å². The number of hydrogen-bond donors (Lipinski definition) is 2. The number of carbonyl (C=O) groups is 1. The van der Waals surface area contributed by atoms with E-state index in [-0.39, 0.29) is 22.4 Å². The van der Waals surface area contributed by atoms with E-state index in [1.165, 1.54) is 0 Å². The molecule has 0 atom stereocenters. The number of nitrogens with zero attached hydrogens (tertiary/aromatic N) is 4. The minimum Gasteiger partial charge on any atom is -0.384 e. The van der Waals surface area contributed by atoms with E-state index < -0.39 is 0 Å². The number of nitrogens with two attached hydrogens (primary N) is 1. The lowest BCUT2D eigenvalue weighted by Gasteiger charge is -2.06. The van der Waals surface area contributed by atoms with Crippen LogP contribution in [0, 0.1) is 0 Å². The van der Waals surface area contributed by atoms with E-state index in [2.05, 4.69) is 20.6 Å². The highest BCUT2D eigenvalue weighted by atomic mass is 35.5. The Labute approximate surface area is 114 Å². The number of nitrogens with one attached hydrogen (secondary N) is 1. The molecule has 0 fully saturated rings. The van der Waals surface area contributed by atoms with Crippen LogP contribution >= 0.6 is 11.6 Å². The van der Waals surface area contributed by atoms with Crippen molar-refractivity contribution in [3.63, 3.8) is 0 Å². The molecule has 2 rings (SSSR count). The van der Waals surface area contributed by atoms with Gasteiger partial charge in [0.15, 0.2) is 0 Å². The van der Waals surface area contributed by atoms with Crippen LogP contribution in [0.1, 0.15) is 16.9 Å². The Morgan fingerprint density at radius 1 is 1.47 bits per heavy atom. The molecule has 2 heterocycles. The minimum atomic E-state index is -0.337. The lowest BCUT2D eigenvalue weighted by molar-refractivity contribution is 0.0948. The predicted octanol–water partition coefficient (Wildman–Crippen LogP) is 0.729. The van der Waals surface area contributed by atoms with E-state index in [0.717, 1.165) is 6.42 Å². The molecule has 100 valence electrons. The van der Waals surface area contributed by atoms with Crippen LogP contribution in [0.5, 0.6) is 0 Å². The van der Waals surface area contributed by atoms with Gasteiger partial charge in [-0.3, -0.25) is 9.48 Å². The number of halogens is 1. The van der Waals surface area contributed by atoms with Gasteiger partial charge in [0.25, 0.3) is 5.91 Å². The molecule has 1 amide bonds. The van der Waals surface area contributed by atoms with Crippen molar-refractivity contribution in [2.45, 2.75) is 13.0 Å². The second kappa shape index (κ2) is 6.14. The Morgan fingerprint density at radius 2 is 2.32 bits per heavy atom. The maximum atomic E-state index is 11.8. The highest BCUT2D eigenvalue weighted by molar-refractivity contribution is 6.33. The third-order valence-electron chi connectivity index (χ3n) is 2.40. The molecule has 0 bridgehead atoms. The molecule has 0 radical (unpaired) electrons. The molecule has 0 spiro atoms. The van der Waals surface area contributed by atoms with Gasteiger partial charge in [-0.25, -0.2) is 4.98 Å². The molecule has 0 saturated heterocycles. The molecule has 3 N–H and O–H groups in total. The van der Waals surface area contributed by atoms with Gasteiger partial charge in [-0.2, -0.15) is 0 Å². The van der Waals surface area contributed by atoms with Crippen molar-refractivity contribution >= 4 is 23.3 Å². The molecular weight excluding hydrogens is 268 g/mol. The van der Waals surface area contributed by atoms with Gasteiger partial charge in [0.2, 0.25) is 0 Å². The summed E-state index contributed by atoms with van der Waals surface area (Å²) in [5, 5.41) is 10.5. The van der Waals surface area contributed by atoms with Gasteiger partial charge in [-0.05, 0) is 18.6 Å². The zero-order chi connectivity index (χ0) is 13.7. The number of carbonyl (C=O) groups excluding carboxylic acids is 1.